The number of halogens is 2. The molecule has 1 atom stereocenters. The number of primary amides is 1. The fourth-order valence-electron chi connectivity index (χ4n) is 5.30. The van der Waals surface area contributed by atoms with Gasteiger partial charge in [-0.25, -0.2) is 13.6 Å². The summed E-state index contributed by atoms with van der Waals surface area (Å²) in [5, 5.41) is 0. The molecule has 0 aliphatic carbocycles. The Morgan fingerprint density at radius 3 is 2.50 bits per heavy atom. The molecule has 2 aromatic rings. The van der Waals surface area contributed by atoms with Crippen molar-refractivity contribution >= 4 is 17.5 Å². The largest absolute Gasteiger partial charge is 0.504 e. The number of carbonyl (C=O) groups is 2. The quantitative estimate of drug-likeness (QED) is 0.495. The molecule has 2 aromatic carbocycles. The van der Waals surface area contributed by atoms with Crippen LogP contribution >= 0.6 is 0 Å². The molecule has 0 bridgehead atoms. The van der Waals surface area contributed by atoms with E-state index in [0.29, 0.717) is 49.8 Å². The van der Waals surface area contributed by atoms with Crippen LogP contribution < -0.4 is 10.5 Å². The van der Waals surface area contributed by atoms with E-state index in [2.05, 4.69) is 9.74 Å². The number of piperidine rings is 1. The molecule has 202 valence electrons. The summed E-state index contributed by atoms with van der Waals surface area (Å²) in [7, 11) is 0. The van der Waals surface area contributed by atoms with E-state index in [9.17, 15) is 14.0 Å². The van der Waals surface area contributed by atoms with Crippen molar-refractivity contribution in [3.63, 3.8) is 0 Å². The summed E-state index contributed by atoms with van der Waals surface area (Å²) < 4.78 is 35.0. The second kappa shape index (κ2) is 11.5. The topological polar surface area (TPSA) is 80.2 Å². The minimum absolute atomic E-state index is 0.144. The maximum Gasteiger partial charge on any atom is 0.254 e. The van der Waals surface area contributed by atoms with Gasteiger partial charge in [0.2, 0.25) is 11.6 Å². The Hall–Kier alpha value is -3.51. The lowest BCUT2D eigenvalue weighted by Gasteiger charge is -2.34. The van der Waals surface area contributed by atoms with Crippen LogP contribution in [0.3, 0.4) is 0 Å². The summed E-state index contributed by atoms with van der Waals surface area (Å²) in [5.41, 5.74) is 5.37. The minimum Gasteiger partial charge on any atom is -0.504 e. The number of likely N-dealkylation sites (tertiary alicyclic amines) is 2. The highest BCUT2D eigenvalue weighted by Gasteiger charge is 2.33. The van der Waals surface area contributed by atoms with Crippen LogP contribution in [0.2, 0.25) is 0 Å². The zero-order chi connectivity index (χ0) is 27.4. The zero-order valence-electron chi connectivity index (χ0n) is 21.9. The molecule has 0 saturated carbocycles. The predicted octanol–water partition coefficient (Wildman–Crippen LogP) is 4.97. The van der Waals surface area contributed by atoms with Crippen LogP contribution in [0, 0.1) is 18.3 Å². The standard InChI is InChI=1S/C29H34F2N4O3/c1-29(2,31)18-34-13-10-19(11-14-34)17-38-26-9-7-20(16-24(26)33-3)22-8-6-21(15-23(22)30)28(37)35-12-4-5-25(35)27(32)36/h6-9,15-16,19,25H,4-5,10-14,17-18H2,1-2H3,(H2,32,36)/t25-/m0/s1. The number of rotatable bonds is 8. The fourth-order valence-corrected chi connectivity index (χ4v) is 5.30. The lowest BCUT2D eigenvalue weighted by atomic mass is 9.96. The summed E-state index contributed by atoms with van der Waals surface area (Å²) >= 11 is 0. The van der Waals surface area contributed by atoms with Gasteiger partial charge in [-0.1, -0.05) is 12.1 Å². The van der Waals surface area contributed by atoms with Crippen LogP contribution in [-0.4, -0.2) is 66.1 Å². The zero-order valence-corrected chi connectivity index (χ0v) is 21.9. The van der Waals surface area contributed by atoms with Crippen molar-refractivity contribution in [3.05, 3.63) is 59.2 Å². The fraction of sp³-hybridized carbons (Fsp3) is 0.483. The summed E-state index contributed by atoms with van der Waals surface area (Å²) in [5.74, 6) is -0.831. The molecule has 0 unspecified atom stereocenters. The van der Waals surface area contributed by atoms with Gasteiger partial charge in [-0.3, -0.25) is 9.59 Å². The number of hydrogen-bond donors (Lipinski definition) is 1. The third kappa shape index (κ3) is 6.48. The van der Waals surface area contributed by atoms with Crippen molar-refractivity contribution in [2.45, 2.75) is 51.2 Å². The van der Waals surface area contributed by atoms with E-state index in [1.165, 1.54) is 17.0 Å². The number of hydrogen-bond acceptors (Lipinski definition) is 4. The molecular weight excluding hydrogens is 490 g/mol. The monoisotopic (exact) mass is 524 g/mol. The van der Waals surface area contributed by atoms with E-state index < -0.39 is 29.3 Å². The molecule has 2 saturated heterocycles. The van der Waals surface area contributed by atoms with Crippen molar-refractivity contribution < 1.29 is 23.1 Å². The number of alkyl halides is 1. The maximum atomic E-state index is 15.1. The summed E-state index contributed by atoms with van der Waals surface area (Å²) in [6.07, 6.45) is 2.97. The molecule has 0 radical (unpaired) electrons. The normalized spacial score (nSPS) is 18.8. The van der Waals surface area contributed by atoms with Gasteiger partial charge in [0.15, 0.2) is 0 Å². The van der Waals surface area contributed by atoms with E-state index in [1.54, 1.807) is 32.0 Å². The van der Waals surface area contributed by atoms with Crippen LogP contribution in [0.1, 0.15) is 49.9 Å². The Kier molecular flexibility index (Phi) is 8.32. The Balaban J connectivity index is 1.41. The van der Waals surface area contributed by atoms with Crippen LogP contribution in [0.25, 0.3) is 16.0 Å². The lowest BCUT2D eigenvalue weighted by Crippen LogP contribution is -2.43. The SMILES string of the molecule is [C-]#[N+]c1cc(-c2ccc(C(=O)N3CCC[C@H]3C(N)=O)cc2F)ccc1OCC1CCN(CC(C)(C)F)CC1. The molecule has 9 heteroatoms. The van der Waals surface area contributed by atoms with Gasteiger partial charge in [0.25, 0.3) is 5.91 Å². The van der Waals surface area contributed by atoms with E-state index in [-0.39, 0.29) is 16.8 Å². The molecule has 7 nitrogen and oxygen atoms in total. The number of amides is 2. The first-order valence-electron chi connectivity index (χ1n) is 13.0. The molecule has 2 amide bonds. The van der Waals surface area contributed by atoms with Gasteiger partial charge in [0.05, 0.1) is 13.2 Å². The Labute approximate surface area is 222 Å². The average molecular weight is 525 g/mol. The Bertz CT molecular complexity index is 1230. The third-order valence-corrected chi connectivity index (χ3v) is 7.23. The Morgan fingerprint density at radius 1 is 1.13 bits per heavy atom. The number of ether oxygens (including phenoxy) is 1. The highest BCUT2D eigenvalue weighted by molar-refractivity contribution is 5.98. The lowest BCUT2D eigenvalue weighted by molar-refractivity contribution is -0.121. The van der Waals surface area contributed by atoms with Crippen molar-refractivity contribution in [1.29, 1.82) is 0 Å². The second-order valence-corrected chi connectivity index (χ2v) is 10.8. The predicted molar refractivity (Wildman–Crippen MR) is 141 cm³/mol. The summed E-state index contributed by atoms with van der Waals surface area (Å²) in [6, 6.07) is 8.46. The van der Waals surface area contributed by atoms with Crippen molar-refractivity contribution in [1.82, 2.24) is 9.80 Å². The van der Waals surface area contributed by atoms with Gasteiger partial charge in [-0.15, -0.1) is 0 Å². The third-order valence-electron chi connectivity index (χ3n) is 7.23. The van der Waals surface area contributed by atoms with Gasteiger partial charge >= 0.3 is 0 Å². The first-order valence-corrected chi connectivity index (χ1v) is 13.0. The number of nitrogens with zero attached hydrogens (tertiary/aromatic N) is 3. The number of benzene rings is 2. The van der Waals surface area contributed by atoms with E-state index >= 15 is 4.39 Å². The van der Waals surface area contributed by atoms with Gasteiger partial charge in [-0.05, 0) is 88.4 Å². The van der Waals surface area contributed by atoms with Gasteiger partial charge in [0, 0.05) is 24.2 Å². The molecule has 2 N–H and O–H groups in total. The Morgan fingerprint density at radius 2 is 1.87 bits per heavy atom. The molecule has 0 aromatic heterocycles. The first-order chi connectivity index (χ1) is 18.1. The van der Waals surface area contributed by atoms with Crippen molar-refractivity contribution in [2.75, 3.05) is 32.8 Å². The van der Waals surface area contributed by atoms with Gasteiger partial charge in [-0.2, -0.15) is 0 Å². The van der Waals surface area contributed by atoms with Crippen LogP contribution in [-0.2, 0) is 4.79 Å². The molecular formula is C29H34F2N4O3. The smallest absolute Gasteiger partial charge is 0.254 e. The summed E-state index contributed by atoms with van der Waals surface area (Å²) in [6.45, 7) is 13.7. The molecule has 2 aliphatic heterocycles. The minimum atomic E-state index is -1.22. The highest BCUT2D eigenvalue weighted by Crippen LogP contribution is 2.35. The van der Waals surface area contributed by atoms with Gasteiger partial charge < -0.3 is 20.3 Å². The van der Waals surface area contributed by atoms with Crippen molar-refractivity contribution in [3.8, 4) is 16.9 Å². The molecule has 0 spiro atoms. The van der Waals surface area contributed by atoms with E-state index in [1.807, 2.05) is 0 Å². The summed E-state index contributed by atoms with van der Waals surface area (Å²) in [4.78, 5) is 31.6. The van der Waals surface area contributed by atoms with Crippen LogP contribution in [0.15, 0.2) is 36.4 Å². The number of nitrogens with two attached hydrogens (primary N) is 1. The van der Waals surface area contributed by atoms with Gasteiger partial charge in [0.1, 0.15) is 23.3 Å². The second-order valence-electron chi connectivity index (χ2n) is 10.8. The van der Waals surface area contributed by atoms with Crippen molar-refractivity contribution in [2.24, 2.45) is 11.7 Å². The number of carbonyl (C=O) groups excluding carboxylic acids is 2. The van der Waals surface area contributed by atoms with E-state index in [4.69, 9.17) is 17.0 Å². The highest BCUT2D eigenvalue weighted by atomic mass is 19.1. The molecule has 38 heavy (non-hydrogen) atoms. The van der Waals surface area contributed by atoms with E-state index in [0.717, 1.165) is 32.0 Å². The molecule has 2 aliphatic rings. The molecule has 2 fully saturated rings. The van der Waals surface area contributed by atoms with Crippen LogP contribution in [0.5, 0.6) is 5.75 Å². The molecule has 4 rings (SSSR count). The van der Waals surface area contributed by atoms with Crippen LogP contribution in [0.4, 0.5) is 14.5 Å². The maximum absolute atomic E-state index is 15.1. The first kappa shape index (κ1) is 27.5. The molecule has 2 heterocycles. The average Bonchev–Trinajstić information content (AvgIpc) is 3.37.